The summed E-state index contributed by atoms with van der Waals surface area (Å²) in [5.41, 5.74) is 2.08. The minimum atomic E-state index is -0.0818. The number of benzene rings is 1. The lowest BCUT2D eigenvalue weighted by molar-refractivity contribution is 0.205. The Morgan fingerprint density at radius 3 is 2.70 bits per heavy atom. The fraction of sp³-hybridized carbons (Fsp3) is 0.471. The highest BCUT2D eigenvalue weighted by atomic mass is 16.5. The Balaban J connectivity index is 1.89. The number of aryl methyl sites for hydroxylation is 1. The number of hydrogen-bond acceptors (Lipinski definition) is 4. The van der Waals surface area contributed by atoms with Crippen molar-refractivity contribution in [2.24, 2.45) is 0 Å². The molecule has 2 rings (SSSR count). The first-order valence-corrected chi connectivity index (χ1v) is 7.90. The lowest BCUT2D eigenvalue weighted by Crippen LogP contribution is -2.42. The van der Waals surface area contributed by atoms with E-state index in [2.05, 4.69) is 15.5 Å². The Bertz CT molecular complexity index is 636. The van der Waals surface area contributed by atoms with Crippen molar-refractivity contribution >= 4 is 6.03 Å². The zero-order valence-corrected chi connectivity index (χ0v) is 14.2. The van der Waals surface area contributed by atoms with Gasteiger partial charge in [0, 0.05) is 31.6 Å². The highest BCUT2D eigenvalue weighted by Crippen LogP contribution is 2.17. The number of urea groups is 1. The number of nitrogens with one attached hydrogen (secondary N) is 1. The summed E-state index contributed by atoms with van der Waals surface area (Å²) in [7, 11) is 1.76. The molecule has 0 aliphatic carbocycles. The quantitative estimate of drug-likeness (QED) is 0.889. The fourth-order valence-electron chi connectivity index (χ4n) is 1.96. The molecule has 0 radical (unpaired) electrons. The van der Waals surface area contributed by atoms with Crippen molar-refractivity contribution in [2.75, 3.05) is 13.6 Å². The number of aromatic nitrogens is 2. The summed E-state index contributed by atoms with van der Waals surface area (Å²) >= 11 is 0. The van der Waals surface area contributed by atoms with Gasteiger partial charge in [-0.25, -0.2) is 4.79 Å². The van der Waals surface area contributed by atoms with Gasteiger partial charge in [0.2, 0.25) is 0 Å². The van der Waals surface area contributed by atoms with Crippen LogP contribution in [0, 0.1) is 6.92 Å². The van der Waals surface area contributed by atoms with E-state index in [1.165, 1.54) is 5.56 Å². The number of carbonyl (C=O) groups excluding carboxylic acids is 1. The Kier molecular flexibility index (Phi) is 5.73. The molecule has 0 spiro atoms. The molecule has 1 N–H and O–H groups in total. The second-order valence-corrected chi connectivity index (χ2v) is 5.81. The van der Waals surface area contributed by atoms with Gasteiger partial charge >= 0.3 is 6.03 Å². The molecule has 0 aliphatic heterocycles. The molecule has 0 unspecified atom stereocenters. The second kappa shape index (κ2) is 7.76. The smallest absolute Gasteiger partial charge is 0.317 e. The van der Waals surface area contributed by atoms with Gasteiger partial charge in [0.05, 0.1) is 0 Å². The monoisotopic (exact) mass is 316 g/mol. The van der Waals surface area contributed by atoms with Crippen LogP contribution in [0.3, 0.4) is 0 Å². The molecule has 2 aromatic rings. The van der Waals surface area contributed by atoms with E-state index >= 15 is 0 Å². The molecular weight excluding hydrogens is 292 g/mol. The molecule has 6 heteroatoms. The lowest BCUT2D eigenvalue weighted by atomic mass is 10.1. The molecule has 0 bridgehead atoms. The Hall–Kier alpha value is -2.37. The minimum Gasteiger partial charge on any atom is -0.336 e. The summed E-state index contributed by atoms with van der Waals surface area (Å²) in [6.45, 7) is 6.59. The number of nitrogens with zero attached hydrogens (tertiary/aromatic N) is 3. The van der Waals surface area contributed by atoms with Crippen LogP contribution >= 0.6 is 0 Å². The molecule has 1 aromatic carbocycles. The molecule has 124 valence electrons. The summed E-state index contributed by atoms with van der Waals surface area (Å²) in [5, 5.41) is 6.90. The van der Waals surface area contributed by atoms with Crippen LogP contribution < -0.4 is 5.32 Å². The van der Waals surface area contributed by atoms with Crippen molar-refractivity contribution in [3.63, 3.8) is 0 Å². The predicted molar refractivity (Wildman–Crippen MR) is 89.1 cm³/mol. The van der Waals surface area contributed by atoms with Crippen molar-refractivity contribution in [3.8, 4) is 11.5 Å². The molecule has 1 heterocycles. The van der Waals surface area contributed by atoms with Crippen LogP contribution in [-0.4, -0.2) is 40.7 Å². The van der Waals surface area contributed by atoms with Gasteiger partial charge in [-0.3, -0.25) is 0 Å². The zero-order chi connectivity index (χ0) is 16.8. The van der Waals surface area contributed by atoms with Crippen LogP contribution in [-0.2, 0) is 6.42 Å². The number of rotatable bonds is 6. The third-order valence-corrected chi connectivity index (χ3v) is 3.77. The van der Waals surface area contributed by atoms with Crippen LogP contribution in [0.2, 0.25) is 0 Å². The normalized spacial score (nSPS) is 12.0. The van der Waals surface area contributed by atoms with Crippen LogP contribution in [0.15, 0.2) is 28.8 Å². The van der Waals surface area contributed by atoms with E-state index in [0.29, 0.717) is 24.7 Å². The standard InChI is InChI=1S/C17H24N4O2/c1-5-13(3)18-17(22)21(4)11-10-15-19-16(23-20-15)14-8-6-12(2)7-9-14/h6-9,13H,5,10-11H2,1-4H3,(H,18,22)/t13-/m0/s1. The summed E-state index contributed by atoms with van der Waals surface area (Å²) in [5.74, 6) is 1.11. The van der Waals surface area contributed by atoms with Crippen LogP contribution in [0.4, 0.5) is 4.79 Å². The third kappa shape index (κ3) is 4.81. The van der Waals surface area contributed by atoms with Crippen LogP contribution in [0.1, 0.15) is 31.7 Å². The summed E-state index contributed by atoms with van der Waals surface area (Å²) in [6.07, 6.45) is 1.46. The maximum atomic E-state index is 11.9. The Labute approximate surface area is 136 Å². The van der Waals surface area contributed by atoms with E-state index in [9.17, 15) is 4.79 Å². The Morgan fingerprint density at radius 1 is 1.35 bits per heavy atom. The highest BCUT2D eigenvalue weighted by Gasteiger charge is 2.13. The van der Waals surface area contributed by atoms with Crippen LogP contribution in [0.25, 0.3) is 11.5 Å². The first kappa shape index (κ1) is 17.0. The summed E-state index contributed by atoms with van der Waals surface area (Å²) < 4.78 is 5.29. The Morgan fingerprint density at radius 2 is 2.04 bits per heavy atom. The van der Waals surface area contributed by atoms with E-state index < -0.39 is 0 Å². The molecule has 2 amide bonds. The third-order valence-electron chi connectivity index (χ3n) is 3.77. The SMILES string of the molecule is CC[C@H](C)NC(=O)N(C)CCc1noc(-c2ccc(C)cc2)n1. The van der Waals surface area contributed by atoms with Gasteiger partial charge in [-0.1, -0.05) is 29.8 Å². The first-order chi connectivity index (χ1) is 11.0. The number of hydrogen-bond donors (Lipinski definition) is 1. The highest BCUT2D eigenvalue weighted by molar-refractivity contribution is 5.74. The average molecular weight is 316 g/mol. The molecule has 0 saturated heterocycles. The molecule has 1 aromatic heterocycles. The van der Waals surface area contributed by atoms with Gasteiger partial charge in [-0.2, -0.15) is 4.98 Å². The van der Waals surface area contributed by atoms with Crippen molar-refractivity contribution in [3.05, 3.63) is 35.7 Å². The van der Waals surface area contributed by atoms with Gasteiger partial charge in [0.15, 0.2) is 5.82 Å². The van der Waals surface area contributed by atoms with Crippen molar-refractivity contribution in [1.29, 1.82) is 0 Å². The second-order valence-electron chi connectivity index (χ2n) is 5.81. The minimum absolute atomic E-state index is 0.0818. The maximum absolute atomic E-state index is 11.9. The van der Waals surface area contributed by atoms with Crippen molar-refractivity contribution in [1.82, 2.24) is 20.4 Å². The largest absolute Gasteiger partial charge is 0.336 e. The van der Waals surface area contributed by atoms with Gasteiger partial charge in [-0.05, 0) is 32.4 Å². The summed E-state index contributed by atoms with van der Waals surface area (Å²) in [4.78, 5) is 18.0. The molecule has 0 saturated carbocycles. The van der Waals surface area contributed by atoms with E-state index in [4.69, 9.17) is 4.52 Å². The lowest BCUT2D eigenvalue weighted by Gasteiger charge is -2.20. The molecule has 1 atom stereocenters. The van der Waals surface area contributed by atoms with Crippen molar-refractivity contribution < 1.29 is 9.32 Å². The molecule has 23 heavy (non-hydrogen) atoms. The topological polar surface area (TPSA) is 71.3 Å². The molecular formula is C17H24N4O2. The van der Waals surface area contributed by atoms with E-state index in [1.807, 2.05) is 45.0 Å². The average Bonchev–Trinajstić information content (AvgIpc) is 3.02. The van der Waals surface area contributed by atoms with Gasteiger partial charge in [0.25, 0.3) is 5.89 Å². The summed E-state index contributed by atoms with van der Waals surface area (Å²) in [6, 6.07) is 8.01. The molecule has 6 nitrogen and oxygen atoms in total. The van der Waals surface area contributed by atoms with Gasteiger partial charge in [-0.15, -0.1) is 0 Å². The first-order valence-electron chi connectivity index (χ1n) is 7.90. The van der Waals surface area contributed by atoms with E-state index in [-0.39, 0.29) is 12.1 Å². The molecule has 0 fully saturated rings. The van der Waals surface area contributed by atoms with E-state index in [1.54, 1.807) is 11.9 Å². The maximum Gasteiger partial charge on any atom is 0.317 e. The van der Waals surface area contributed by atoms with E-state index in [0.717, 1.165) is 12.0 Å². The predicted octanol–water partition coefficient (Wildman–Crippen LogP) is 3.03. The number of amides is 2. The fourth-order valence-corrected chi connectivity index (χ4v) is 1.96. The zero-order valence-electron chi connectivity index (χ0n) is 14.2. The molecule has 0 aliphatic rings. The number of likely N-dealkylation sites (N-methyl/N-ethyl adjacent to an activating group) is 1. The van der Waals surface area contributed by atoms with Gasteiger partial charge in [0.1, 0.15) is 0 Å². The van der Waals surface area contributed by atoms with Crippen molar-refractivity contribution in [2.45, 2.75) is 39.7 Å². The van der Waals surface area contributed by atoms with Gasteiger partial charge < -0.3 is 14.7 Å². The number of carbonyl (C=O) groups is 1. The van der Waals surface area contributed by atoms with Crippen LogP contribution in [0.5, 0.6) is 0 Å².